The Morgan fingerprint density at radius 1 is 1.08 bits per heavy atom. The van der Waals surface area contributed by atoms with Crippen LogP contribution in [0, 0.1) is 0 Å². The van der Waals surface area contributed by atoms with Crippen LogP contribution in [0.5, 0.6) is 11.5 Å². The van der Waals surface area contributed by atoms with Crippen molar-refractivity contribution < 1.29 is 18.7 Å². The van der Waals surface area contributed by atoms with Gasteiger partial charge in [0.1, 0.15) is 0 Å². The molecule has 7 nitrogen and oxygen atoms in total. The van der Waals surface area contributed by atoms with Gasteiger partial charge in [0.05, 0.1) is 6.42 Å². The Hall–Kier alpha value is -2.87. The van der Waals surface area contributed by atoms with Crippen LogP contribution in [0.25, 0.3) is 0 Å². The van der Waals surface area contributed by atoms with Crippen molar-refractivity contribution >= 4 is 27.9 Å². The second kappa shape index (κ2) is 6.56. The molecule has 3 aromatic rings. The Bertz CT molecular complexity index is 924. The van der Waals surface area contributed by atoms with Crippen molar-refractivity contribution in [3.63, 3.8) is 0 Å². The van der Waals surface area contributed by atoms with Gasteiger partial charge in [0.15, 0.2) is 11.5 Å². The van der Waals surface area contributed by atoms with Crippen molar-refractivity contribution in [2.75, 3.05) is 12.1 Å². The molecule has 0 radical (unpaired) electrons. The van der Waals surface area contributed by atoms with Crippen molar-refractivity contribution in [3.8, 4) is 11.5 Å². The number of halogens is 1. The fraction of sp³-hybridized carbons (Fsp3) is 0.118. The maximum absolute atomic E-state index is 12.1. The van der Waals surface area contributed by atoms with E-state index in [0.29, 0.717) is 23.6 Å². The fourth-order valence-electron chi connectivity index (χ4n) is 2.37. The lowest BCUT2D eigenvalue weighted by Gasteiger charge is -2.01. The molecule has 0 saturated heterocycles. The van der Waals surface area contributed by atoms with Crippen LogP contribution < -0.4 is 14.8 Å². The maximum Gasteiger partial charge on any atom is 0.322 e. The Morgan fingerprint density at radius 2 is 1.88 bits per heavy atom. The van der Waals surface area contributed by atoms with Crippen LogP contribution in [-0.2, 0) is 6.42 Å². The van der Waals surface area contributed by atoms with Gasteiger partial charge in [0.25, 0.3) is 5.91 Å². The number of benzene rings is 2. The Labute approximate surface area is 151 Å². The lowest BCUT2D eigenvalue weighted by Crippen LogP contribution is -2.11. The average molecular weight is 402 g/mol. The minimum Gasteiger partial charge on any atom is -0.454 e. The van der Waals surface area contributed by atoms with E-state index < -0.39 is 0 Å². The molecule has 1 N–H and O–H groups in total. The van der Waals surface area contributed by atoms with E-state index in [9.17, 15) is 4.79 Å². The number of hydrogen-bond donors (Lipinski definition) is 1. The standard InChI is InChI=1S/C17H12BrN3O4/c18-12-4-2-11(3-5-12)16(22)19-17-21-20-15(25-17)8-10-1-6-13-14(7-10)24-9-23-13/h1-7H,8-9H2,(H,19,21,22). The summed E-state index contributed by atoms with van der Waals surface area (Å²) in [6.07, 6.45) is 0.428. The molecule has 1 aliphatic heterocycles. The Kier molecular flexibility index (Phi) is 4.10. The Morgan fingerprint density at radius 3 is 2.72 bits per heavy atom. The first-order chi connectivity index (χ1) is 12.2. The second-order valence-corrected chi connectivity index (χ2v) is 6.24. The summed E-state index contributed by atoms with van der Waals surface area (Å²) in [5.74, 6) is 1.49. The maximum atomic E-state index is 12.1. The third kappa shape index (κ3) is 3.48. The summed E-state index contributed by atoms with van der Waals surface area (Å²) in [5, 5.41) is 10.4. The number of hydrogen-bond acceptors (Lipinski definition) is 6. The number of ether oxygens (including phenoxy) is 2. The van der Waals surface area contributed by atoms with Crippen molar-refractivity contribution in [1.82, 2.24) is 10.2 Å². The molecule has 0 atom stereocenters. The monoisotopic (exact) mass is 401 g/mol. The number of amides is 1. The lowest BCUT2D eigenvalue weighted by atomic mass is 10.1. The summed E-state index contributed by atoms with van der Waals surface area (Å²) in [6.45, 7) is 0.228. The number of nitrogens with one attached hydrogen (secondary N) is 1. The SMILES string of the molecule is O=C(Nc1nnc(Cc2ccc3c(c2)OCO3)o1)c1ccc(Br)cc1. The first-order valence-corrected chi connectivity index (χ1v) is 8.24. The summed E-state index contributed by atoms with van der Waals surface area (Å²) in [6, 6.07) is 12.6. The van der Waals surface area contributed by atoms with Crippen LogP contribution in [0.1, 0.15) is 21.8 Å². The normalized spacial score (nSPS) is 12.2. The molecule has 4 rings (SSSR count). The molecule has 0 bridgehead atoms. The molecule has 2 aromatic carbocycles. The van der Waals surface area contributed by atoms with Gasteiger partial charge in [0.2, 0.25) is 12.7 Å². The molecule has 1 aliphatic rings. The third-order valence-electron chi connectivity index (χ3n) is 3.59. The highest BCUT2D eigenvalue weighted by Crippen LogP contribution is 2.33. The number of rotatable bonds is 4. The summed E-state index contributed by atoms with van der Waals surface area (Å²) in [4.78, 5) is 12.1. The van der Waals surface area contributed by atoms with Crippen molar-refractivity contribution in [1.29, 1.82) is 0 Å². The van der Waals surface area contributed by atoms with Gasteiger partial charge in [-0.25, -0.2) is 0 Å². The summed E-state index contributed by atoms with van der Waals surface area (Å²) in [7, 11) is 0. The van der Waals surface area contributed by atoms with E-state index in [-0.39, 0.29) is 18.7 Å². The molecule has 2 heterocycles. The van der Waals surface area contributed by atoms with Gasteiger partial charge in [-0.15, -0.1) is 5.10 Å². The lowest BCUT2D eigenvalue weighted by molar-refractivity contribution is 0.102. The summed E-state index contributed by atoms with van der Waals surface area (Å²) >= 11 is 3.33. The molecule has 0 spiro atoms. The highest BCUT2D eigenvalue weighted by Gasteiger charge is 2.15. The van der Waals surface area contributed by atoms with Gasteiger partial charge >= 0.3 is 6.01 Å². The number of carbonyl (C=O) groups is 1. The van der Waals surface area contributed by atoms with Gasteiger partial charge in [0, 0.05) is 10.0 Å². The van der Waals surface area contributed by atoms with Crippen LogP contribution in [-0.4, -0.2) is 22.9 Å². The number of anilines is 1. The smallest absolute Gasteiger partial charge is 0.322 e. The molecular weight excluding hydrogens is 390 g/mol. The van der Waals surface area contributed by atoms with Crippen LogP contribution in [0.3, 0.4) is 0 Å². The molecule has 126 valence electrons. The molecule has 0 unspecified atom stereocenters. The Balaban J connectivity index is 1.43. The van der Waals surface area contributed by atoms with E-state index in [1.54, 1.807) is 24.3 Å². The van der Waals surface area contributed by atoms with E-state index in [4.69, 9.17) is 13.9 Å². The van der Waals surface area contributed by atoms with Gasteiger partial charge in [-0.3, -0.25) is 10.1 Å². The second-order valence-electron chi connectivity index (χ2n) is 5.33. The molecule has 0 fully saturated rings. The minimum atomic E-state index is -0.314. The van der Waals surface area contributed by atoms with E-state index in [0.717, 1.165) is 15.8 Å². The number of fused-ring (bicyclic) bond motifs is 1. The zero-order valence-electron chi connectivity index (χ0n) is 12.9. The van der Waals surface area contributed by atoms with Crippen molar-refractivity contribution in [2.24, 2.45) is 0 Å². The molecule has 0 saturated carbocycles. The zero-order valence-corrected chi connectivity index (χ0v) is 14.4. The molecule has 1 amide bonds. The van der Waals surface area contributed by atoms with Gasteiger partial charge in [-0.1, -0.05) is 27.1 Å². The quantitative estimate of drug-likeness (QED) is 0.720. The van der Waals surface area contributed by atoms with Crippen LogP contribution >= 0.6 is 15.9 Å². The first kappa shape index (κ1) is 15.6. The van der Waals surface area contributed by atoms with Crippen molar-refractivity contribution in [2.45, 2.75) is 6.42 Å². The average Bonchev–Trinajstić information content (AvgIpc) is 3.24. The highest BCUT2D eigenvalue weighted by atomic mass is 79.9. The first-order valence-electron chi connectivity index (χ1n) is 7.45. The summed E-state index contributed by atoms with van der Waals surface area (Å²) < 4.78 is 17.0. The van der Waals surface area contributed by atoms with Crippen LogP contribution in [0.15, 0.2) is 51.4 Å². The van der Waals surface area contributed by atoms with E-state index in [2.05, 4.69) is 31.4 Å². The predicted molar refractivity (Wildman–Crippen MR) is 91.8 cm³/mol. The van der Waals surface area contributed by atoms with Crippen LogP contribution in [0.2, 0.25) is 0 Å². The minimum absolute atomic E-state index is 0.0589. The van der Waals surface area contributed by atoms with E-state index in [1.807, 2.05) is 18.2 Å². The van der Waals surface area contributed by atoms with Gasteiger partial charge in [-0.05, 0) is 42.0 Å². The van der Waals surface area contributed by atoms with E-state index in [1.165, 1.54) is 0 Å². The van der Waals surface area contributed by atoms with E-state index >= 15 is 0 Å². The molecule has 0 aliphatic carbocycles. The van der Waals surface area contributed by atoms with Crippen LogP contribution in [0.4, 0.5) is 6.01 Å². The molecular formula is C17H12BrN3O4. The molecule has 8 heteroatoms. The number of nitrogens with zero attached hydrogens (tertiary/aromatic N) is 2. The van der Waals surface area contributed by atoms with Gasteiger partial charge < -0.3 is 13.9 Å². The van der Waals surface area contributed by atoms with Gasteiger partial charge in [-0.2, -0.15) is 0 Å². The predicted octanol–water partition coefficient (Wildman–Crippen LogP) is 3.40. The zero-order chi connectivity index (χ0) is 17.2. The highest BCUT2D eigenvalue weighted by molar-refractivity contribution is 9.10. The summed E-state index contributed by atoms with van der Waals surface area (Å²) in [5.41, 5.74) is 1.44. The molecule has 25 heavy (non-hydrogen) atoms. The third-order valence-corrected chi connectivity index (χ3v) is 4.11. The molecule has 1 aromatic heterocycles. The largest absolute Gasteiger partial charge is 0.454 e. The fourth-order valence-corrected chi connectivity index (χ4v) is 2.64. The number of aromatic nitrogens is 2. The number of carbonyl (C=O) groups excluding carboxylic acids is 1. The topological polar surface area (TPSA) is 86.5 Å². The van der Waals surface area contributed by atoms with Crippen molar-refractivity contribution in [3.05, 3.63) is 64.0 Å².